The summed E-state index contributed by atoms with van der Waals surface area (Å²) in [5, 5.41) is 9.85. The summed E-state index contributed by atoms with van der Waals surface area (Å²) in [6.45, 7) is 1.96. The Hall–Kier alpha value is -2.79. The molecule has 2 nitrogen and oxygen atoms in total. The molecule has 0 atom stereocenters. The maximum Gasteiger partial charge on any atom is 0.232 e. The molecule has 98 valence electrons. The van der Waals surface area contributed by atoms with Gasteiger partial charge in [-0.15, -0.1) is 0 Å². The van der Waals surface area contributed by atoms with E-state index in [1.807, 2.05) is 49.4 Å². The van der Waals surface area contributed by atoms with E-state index >= 15 is 0 Å². The molecule has 2 heteroatoms. The van der Waals surface area contributed by atoms with Gasteiger partial charge in [-0.05, 0) is 25.0 Å². The number of allylic oxidation sites excluding steroid dienone is 1. The number of ketones is 1. The van der Waals surface area contributed by atoms with E-state index in [1.54, 1.807) is 12.1 Å². The second-order valence-electron chi connectivity index (χ2n) is 4.38. The maximum atomic E-state index is 11.7. The molecule has 0 bridgehead atoms. The first-order valence-corrected chi connectivity index (χ1v) is 6.24. The lowest BCUT2D eigenvalue weighted by Gasteiger charge is -1.99. The van der Waals surface area contributed by atoms with E-state index in [0.29, 0.717) is 5.56 Å². The zero-order chi connectivity index (χ0) is 14.4. The van der Waals surface area contributed by atoms with Crippen molar-refractivity contribution in [3.63, 3.8) is 0 Å². The summed E-state index contributed by atoms with van der Waals surface area (Å²) >= 11 is 0. The van der Waals surface area contributed by atoms with Crippen molar-refractivity contribution in [3.8, 4) is 11.8 Å². The fourth-order valence-corrected chi connectivity index (χ4v) is 1.62. The normalized spacial score (nSPS) is 10.6. The molecule has 2 rings (SSSR count). The Balaban J connectivity index is 2.13. The van der Waals surface area contributed by atoms with Gasteiger partial charge in [-0.25, -0.2) is 0 Å². The molecule has 0 fully saturated rings. The average Bonchev–Trinajstić information content (AvgIpc) is 2.47. The number of aliphatic hydroxyl groups is 1. The molecule has 0 amide bonds. The number of carbonyl (C=O) groups excluding carboxylic acids is 1. The number of aliphatic hydroxyl groups excluding tert-OH is 1. The van der Waals surface area contributed by atoms with E-state index in [0.717, 1.165) is 17.2 Å². The number of rotatable bonds is 2. The average molecular weight is 262 g/mol. The molecule has 0 heterocycles. The molecule has 0 saturated heterocycles. The SMILES string of the molecule is Cc1ccc(/C(O)=C/C(=O)C#Cc2ccccc2)cc1. The Labute approximate surface area is 118 Å². The Morgan fingerprint density at radius 3 is 2.35 bits per heavy atom. The highest BCUT2D eigenvalue weighted by atomic mass is 16.3. The third kappa shape index (κ3) is 3.86. The minimum Gasteiger partial charge on any atom is -0.507 e. The molecule has 0 radical (unpaired) electrons. The number of carbonyl (C=O) groups is 1. The van der Waals surface area contributed by atoms with Crippen molar-refractivity contribution >= 4 is 11.5 Å². The van der Waals surface area contributed by atoms with Crippen LogP contribution in [0.3, 0.4) is 0 Å². The first kappa shape index (κ1) is 13.6. The lowest BCUT2D eigenvalue weighted by atomic mass is 10.1. The smallest absolute Gasteiger partial charge is 0.232 e. The molecule has 2 aromatic rings. The van der Waals surface area contributed by atoms with E-state index < -0.39 is 5.78 Å². The lowest BCUT2D eigenvalue weighted by molar-refractivity contribution is -0.109. The third-order valence-electron chi connectivity index (χ3n) is 2.72. The number of hydrogen-bond donors (Lipinski definition) is 1. The number of aryl methyl sites for hydroxylation is 1. The minimum absolute atomic E-state index is 0.0719. The van der Waals surface area contributed by atoms with Gasteiger partial charge in [0.2, 0.25) is 5.78 Å². The summed E-state index contributed by atoms with van der Waals surface area (Å²) in [4.78, 5) is 11.7. The highest BCUT2D eigenvalue weighted by Crippen LogP contribution is 2.12. The molecule has 0 spiro atoms. The Morgan fingerprint density at radius 1 is 1.05 bits per heavy atom. The van der Waals surface area contributed by atoms with Crippen LogP contribution in [0.5, 0.6) is 0 Å². The van der Waals surface area contributed by atoms with Crippen molar-refractivity contribution in [1.29, 1.82) is 0 Å². The van der Waals surface area contributed by atoms with Crippen LogP contribution in [0, 0.1) is 18.8 Å². The van der Waals surface area contributed by atoms with Crippen LogP contribution < -0.4 is 0 Å². The van der Waals surface area contributed by atoms with Crippen LogP contribution in [0.4, 0.5) is 0 Å². The van der Waals surface area contributed by atoms with Crippen molar-refractivity contribution in [2.45, 2.75) is 6.92 Å². The maximum absolute atomic E-state index is 11.7. The van der Waals surface area contributed by atoms with Gasteiger partial charge in [-0.1, -0.05) is 53.9 Å². The molecule has 0 aliphatic carbocycles. The van der Waals surface area contributed by atoms with E-state index in [2.05, 4.69) is 11.8 Å². The molecule has 2 aromatic carbocycles. The van der Waals surface area contributed by atoms with Gasteiger partial charge >= 0.3 is 0 Å². The van der Waals surface area contributed by atoms with Crippen molar-refractivity contribution in [3.05, 3.63) is 77.4 Å². The summed E-state index contributed by atoms with van der Waals surface area (Å²) in [6.07, 6.45) is 1.14. The van der Waals surface area contributed by atoms with Crippen molar-refractivity contribution < 1.29 is 9.90 Å². The van der Waals surface area contributed by atoms with Crippen LogP contribution in [0.2, 0.25) is 0 Å². The monoisotopic (exact) mass is 262 g/mol. The standard InChI is InChI=1S/C18H14O2/c1-14-7-10-16(11-8-14)18(20)13-17(19)12-9-15-5-3-2-4-6-15/h2-8,10-11,13,20H,1H3/b18-13-. The Kier molecular flexibility index (Phi) is 4.36. The zero-order valence-corrected chi connectivity index (χ0v) is 11.1. The molecule has 1 N–H and O–H groups in total. The van der Waals surface area contributed by atoms with Gasteiger partial charge in [0, 0.05) is 17.2 Å². The lowest BCUT2D eigenvalue weighted by Crippen LogP contribution is -1.91. The van der Waals surface area contributed by atoms with E-state index in [9.17, 15) is 9.90 Å². The number of benzene rings is 2. The van der Waals surface area contributed by atoms with Gasteiger partial charge in [-0.2, -0.15) is 0 Å². The molecular formula is C18H14O2. The van der Waals surface area contributed by atoms with Gasteiger partial charge in [0.15, 0.2) is 0 Å². The zero-order valence-electron chi connectivity index (χ0n) is 11.1. The van der Waals surface area contributed by atoms with Crippen LogP contribution in [0.25, 0.3) is 5.76 Å². The van der Waals surface area contributed by atoms with E-state index in [-0.39, 0.29) is 5.76 Å². The predicted octanol–water partition coefficient (Wildman–Crippen LogP) is 3.51. The van der Waals surface area contributed by atoms with Crippen LogP contribution in [-0.4, -0.2) is 10.9 Å². The van der Waals surface area contributed by atoms with Gasteiger partial charge in [0.1, 0.15) is 5.76 Å². The molecule has 0 aromatic heterocycles. The molecule has 0 unspecified atom stereocenters. The quantitative estimate of drug-likeness (QED) is 0.511. The highest BCUT2D eigenvalue weighted by molar-refractivity contribution is 6.07. The summed E-state index contributed by atoms with van der Waals surface area (Å²) < 4.78 is 0. The summed E-state index contributed by atoms with van der Waals surface area (Å²) in [7, 11) is 0. The topological polar surface area (TPSA) is 37.3 Å². The summed E-state index contributed by atoms with van der Waals surface area (Å²) in [6, 6.07) is 16.5. The van der Waals surface area contributed by atoms with Gasteiger partial charge < -0.3 is 5.11 Å². The fraction of sp³-hybridized carbons (Fsp3) is 0.0556. The van der Waals surface area contributed by atoms with Crippen LogP contribution >= 0.6 is 0 Å². The Morgan fingerprint density at radius 2 is 1.70 bits per heavy atom. The van der Waals surface area contributed by atoms with Crippen LogP contribution in [-0.2, 0) is 4.79 Å². The first-order chi connectivity index (χ1) is 9.65. The van der Waals surface area contributed by atoms with E-state index in [4.69, 9.17) is 0 Å². The predicted molar refractivity (Wildman–Crippen MR) is 80.1 cm³/mol. The minimum atomic E-state index is -0.424. The van der Waals surface area contributed by atoms with Crippen LogP contribution in [0.15, 0.2) is 60.7 Å². The molecule has 20 heavy (non-hydrogen) atoms. The molecule has 0 aliphatic rings. The van der Waals surface area contributed by atoms with Crippen LogP contribution in [0.1, 0.15) is 16.7 Å². The van der Waals surface area contributed by atoms with E-state index in [1.165, 1.54) is 0 Å². The van der Waals surface area contributed by atoms with Gasteiger partial charge in [0.25, 0.3) is 0 Å². The second-order valence-corrected chi connectivity index (χ2v) is 4.38. The molecule has 0 saturated carbocycles. The van der Waals surface area contributed by atoms with Crippen molar-refractivity contribution in [2.24, 2.45) is 0 Å². The highest BCUT2D eigenvalue weighted by Gasteiger charge is 2.00. The fourth-order valence-electron chi connectivity index (χ4n) is 1.62. The summed E-state index contributed by atoms with van der Waals surface area (Å²) in [5.74, 6) is 4.74. The first-order valence-electron chi connectivity index (χ1n) is 6.24. The third-order valence-corrected chi connectivity index (χ3v) is 2.72. The molecular weight excluding hydrogens is 248 g/mol. The second kappa shape index (κ2) is 6.40. The van der Waals surface area contributed by atoms with Crippen molar-refractivity contribution in [2.75, 3.05) is 0 Å². The Bertz CT molecular complexity index is 684. The number of hydrogen-bond acceptors (Lipinski definition) is 2. The van der Waals surface area contributed by atoms with Gasteiger partial charge in [-0.3, -0.25) is 4.79 Å². The molecule has 0 aliphatic heterocycles. The summed E-state index contributed by atoms with van der Waals surface area (Å²) in [5.41, 5.74) is 2.46. The van der Waals surface area contributed by atoms with Crippen molar-refractivity contribution in [1.82, 2.24) is 0 Å². The largest absolute Gasteiger partial charge is 0.507 e. The van der Waals surface area contributed by atoms with Gasteiger partial charge in [0.05, 0.1) is 0 Å².